The summed E-state index contributed by atoms with van der Waals surface area (Å²) in [7, 11) is 0. The summed E-state index contributed by atoms with van der Waals surface area (Å²) in [4.78, 5) is 17.5. The van der Waals surface area contributed by atoms with Crippen molar-refractivity contribution in [1.82, 2.24) is 14.9 Å². The number of imidazole rings is 1. The number of hydrogen-bond acceptors (Lipinski definition) is 2. The van der Waals surface area contributed by atoms with Crippen LogP contribution in [-0.4, -0.2) is 15.6 Å². The smallest absolute Gasteiger partial charge is 0.319 e. The average molecular weight is 453 g/mol. The molecule has 0 fully saturated rings. The van der Waals surface area contributed by atoms with Crippen molar-refractivity contribution in [3.63, 3.8) is 0 Å². The van der Waals surface area contributed by atoms with E-state index < -0.39 is 0 Å². The van der Waals surface area contributed by atoms with Crippen LogP contribution >= 0.6 is 23.2 Å². The van der Waals surface area contributed by atoms with Gasteiger partial charge in [0, 0.05) is 22.3 Å². The molecule has 7 heteroatoms. The van der Waals surface area contributed by atoms with Crippen molar-refractivity contribution in [2.45, 2.75) is 25.9 Å². The van der Waals surface area contributed by atoms with E-state index in [0.29, 0.717) is 28.7 Å². The Balaban J connectivity index is 1.62. The number of hydrogen-bond donors (Lipinski definition) is 2. The fourth-order valence-electron chi connectivity index (χ4n) is 3.54. The van der Waals surface area contributed by atoms with Crippen molar-refractivity contribution in [1.29, 1.82) is 0 Å². The third-order valence-corrected chi connectivity index (χ3v) is 5.53. The first kappa shape index (κ1) is 21.2. The molecular formula is C24H22Cl2N4O. The second kappa shape index (κ2) is 9.41. The van der Waals surface area contributed by atoms with Crippen LogP contribution in [0.3, 0.4) is 0 Å². The summed E-state index contributed by atoms with van der Waals surface area (Å²) in [5, 5.41) is 7.15. The summed E-state index contributed by atoms with van der Waals surface area (Å²) < 4.78 is 2.15. The first-order valence-electron chi connectivity index (χ1n) is 10.1. The van der Waals surface area contributed by atoms with Crippen LogP contribution in [-0.2, 0) is 6.54 Å². The SMILES string of the molecule is CCC(NC(=O)Nc1cccc(Cl)c1)c1nc2ccccc2n1Cc1ccc(Cl)cc1. The molecule has 0 aliphatic carbocycles. The molecule has 0 saturated heterocycles. The van der Waals surface area contributed by atoms with Gasteiger partial charge in [0.1, 0.15) is 5.82 Å². The second-order valence-corrected chi connectivity index (χ2v) is 8.11. The van der Waals surface area contributed by atoms with Crippen LogP contribution in [0, 0.1) is 0 Å². The molecule has 1 atom stereocenters. The largest absolute Gasteiger partial charge is 0.328 e. The molecular weight excluding hydrogens is 431 g/mol. The molecule has 0 aliphatic rings. The molecule has 4 aromatic rings. The van der Waals surface area contributed by atoms with Crippen LogP contribution in [0.5, 0.6) is 0 Å². The van der Waals surface area contributed by atoms with E-state index in [1.807, 2.05) is 55.5 Å². The summed E-state index contributed by atoms with van der Waals surface area (Å²) >= 11 is 12.1. The minimum Gasteiger partial charge on any atom is -0.328 e. The molecule has 0 aliphatic heterocycles. The number of aromatic nitrogens is 2. The van der Waals surface area contributed by atoms with E-state index in [9.17, 15) is 4.79 Å². The van der Waals surface area contributed by atoms with Gasteiger partial charge in [0.2, 0.25) is 0 Å². The van der Waals surface area contributed by atoms with Gasteiger partial charge in [-0.2, -0.15) is 0 Å². The van der Waals surface area contributed by atoms with E-state index >= 15 is 0 Å². The van der Waals surface area contributed by atoms with E-state index in [1.165, 1.54) is 0 Å². The zero-order valence-corrected chi connectivity index (χ0v) is 18.5. The van der Waals surface area contributed by atoms with Gasteiger partial charge in [-0.1, -0.05) is 60.5 Å². The third-order valence-electron chi connectivity index (χ3n) is 5.05. The number of halogens is 2. The zero-order chi connectivity index (χ0) is 21.8. The van der Waals surface area contributed by atoms with Crippen LogP contribution in [0.2, 0.25) is 10.0 Å². The Morgan fingerprint density at radius 1 is 1.00 bits per heavy atom. The summed E-state index contributed by atoms with van der Waals surface area (Å²) in [5.74, 6) is 0.805. The Morgan fingerprint density at radius 2 is 1.77 bits per heavy atom. The van der Waals surface area contributed by atoms with Crippen molar-refractivity contribution in [3.05, 3.63) is 94.2 Å². The number of carbonyl (C=O) groups is 1. The first-order valence-corrected chi connectivity index (χ1v) is 10.8. The standard InChI is InChI=1S/C24H22Cl2N4O/c1-2-20(29-24(31)27-19-7-5-6-18(26)14-19)23-28-21-8-3-4-9-22(21)30(23)15-16-10-12-17(25)13-11-16/h3-14,20H,2,15H2,1H3,(H2,27,29,31). The number of nitrogens with zero attached hydrogens (tertiary/aromatic N) is 2. The molecule has 0 spiro atoms. The maximum atomic E-state index is 12.7. The van der Waals surface area contributed by atoms with Crippen LogP contribution in [0.4, 0.5) is 10.5 Å². The lowest BCUT2D eigenvalue weighted by molar-refractivity contribution is 0.247. The lowest BCUT2D eigenvalue weighted by Gasteiger charge is -2.19. The summed E-state index contributed by atoms with van der Waals surface area (Å²) in [6, 6.07) is 22.2. The van der Waals surface area contributed by atoms with Crippen LogP contribution in [0.25, 0.3) is 11.0 Å². The number of fused-ring (bicyclic) bond motifs is 1. The molecule has 0 saturated carbocycles. The molecule has 4 rings (SSSR count). The Kier molecular flexibility index (Phi) is 6.44. The van der Waals surface area contributed by atoms with Gasteiger partial charge >= 0.3 is 6.03 Å². The number of anilines is 1. The number of nitrogens with one attached hydrogen (secondary N) is 2. The molecule has 2 N–H and O–H groups in total. The minimum absolute atomic E-state index is 0.265. The van der Waals surface area contributed by atoms with Gasteiger partial charge in [-0.15, -0.1) is 0 Å². The Labute approximate surface area is 191 Å². The van der Waals surface area contributed by atoms with Gasteiger partial charge in [0.15, 0.2) is 0 Å². The summed E-state index contributed by atoms with van der Waals surface area (Å²) in [6.45, 7) is 2.65. The average Bonchev–Trinajstić information content (AvgIpc) is 3.12. The number of urea groups is 1. The highest BCUT2D eigenvalue weighted by Gasteiger charge is 2.21. The summed E-state index contributed by atoms with van der Waals surface area (Å²) in [6.07, 6.45) is 0.687. The maximum absolute atomic E-state index is 12.7. The Morgan fingerprint density at radius 3 is 2.52 bits per heavy atom. The predicted molar refractivity (Wildman–Crippen MR) is 127 cm³/mol. The van der Waals surface area contributed by atoms with E-state index in [1.54, 1.807) is 24.3 Å². The fraction of sp³-hybridized carbons (Fsp3) is 0.167. The van der Waals surface area contributed by atoms with Crippen LogP contribution < -0.4 is 10.6 Å². The highest BCUT2D eigenvalue weighted by atomic mass is 35.5. The zero-order valence-electron chi connectivity index (χ0n) is 17.0. The number of rotatable bonds is 6. The second-order valence-electron chi connectivity index (χ2n) is 7.24. The van der Waals surface area contributed by atoms with Gasteiger partial charge < -0.3 is 15.2 Å². The first-order chi connectivity index (χ1) is 15.0. The van der Waals surface area contributed by atoms with E-state index in [-0.39, 0.29) is 12.1 Å². The minimum atomic E-state index is -0.306. The van der Waals surface area contributed by atoms with Crippen molar-refractivity contribution < 1.29 is 4.79 Å². The molecule has 0 bridgehead atoms. The number of carbonyl (C=O) groups excluding carboxylic acids is 1. The van der Waals surface area contributed by atoms with Gasteiger partial charge in [0.05, 0.1) is 17.1 Å². The lowest BCUT2D eigenvalue weighted by atomic mass is 10.2. The quantitative estimate of drug-likeness (QED) is 0.343. The Bertz CT molecular complexity index is 1200. The molecule has 1 aromatic heterocycles. The Hall–Kier alpha value is -3.02. The third kappa shape index (κ3) is 5.01. The summed E-state index contributed by atoms with van der Waals surface area (Å²) in [5.41, 5.74) is 3.64. The number of amides is 2. The van der Waals surface area contributed by atoms with E-state index in [0.717, 1.165) is 22.4 Å². The molecule has 1 heterocycles. The van der Waals surface area contributed by atoms with Crippen LogP contribution in [0.15, 0.2) is 72.8 Å². The topological polar surface area (TPSA) is 59.0 Å². The highest BCUT2D eigenvalue weighted by Crippen LogP contribution is 2.25. The van der Waals surface area contributed by atoms with Crippen molar-refractivity contribution in [2.24, 2.45) is 0 Å². The molecule has 0 radical (unpaired) electrons. The lowest BCUT2D eigenvalue weighted by Crippen LogP contribution is -2.33. The molecule has 31 heavy (non-hydrogen) atoms. The normalized spacial score (nSPS) is 12.0. The molecule has 3 aromatic carbocycles. The van der Waals surface area contributed by atoms with Crippen molar-refractivity contribution in [3.8, 4) is 0 Å². The number of para-hydroxylation sites is 2. The fourth-order valence-corrected chi connectivity index (χ4v) is 3.86. The van der Waals surface area contributed by atoms with Gasteiger partial charge in [-0.25, -0.2) is 9.78 Å². The van der Waals surface area contributed by atoms with Gasteiger partial charge in [-0.05, 0) is 54.4 Å². The van der Waals surface area contributed by atoms with Crippen LogP contribution in [0.1, 0.15) is 30.8 Å². The van der Waals surface area contributed by atoms with Crippen molar-refractivity contribution >= 4 is 46.0 Å². The van der Waals surface area contributed by atoms with Gasteiger partial charge in [0.25, 0.3) is 0 Å². The van der Waals surface area contributed by atoms with E-state index in [2.05, 4.69) is 15.2 Å². The van der Waals surface area contributed by atoms with E-state index in [4.69, 9.17) is 28.2 Å². The molecule has 5 nitrogen and oxygen atoms in total. The van der Waals surface area contributed by atoms with Crippen molar-refractivity contribution in [2.75, 3.05) is 5.32 Å². The van der Waals surface area contributed by atoms with Gasteiger partial charge in [-0.3, -0.25) is 0 Å². The predicted octanol–water partition coefficient (Wildman–Crippen LogP) is 6.66. The molecule has 1 unspecified atom stereocenters. The number of benzene rings is 3. The monoisotopic (exact) mass is 452 g/mol. The molecule has 158 valence electrons. The maximum Gasteiger partial charge on any atom is 0.319 e. The highest BCUT2D eigenvalue weighted by molar-refractivity contribution is 6.31. The molecule has 2 amide bonds.